The minimum atomic E-state index is -0.786. The van der Waals surface area contributed by atoms with E-state index in [-0.39, 0.29) is 17.8 Å². The van der Waals surface area contributed by atoms with Crippen molar-refractivity contribution >= 4 is 50.8 Å². The fourth-order valence-electron chi connectivity index (χ4n) is 10.3. The number of carboxylic acid groups (broad SMARTS) is 3. The summed E-state index contributed by atoms with van der Waals surface area (Å²) in [4.78, 5) is 39.5. The van der Waals surface area contributed by atoms with Crippen molar-refractivity contribution in [1.82, 2.24) is 20.9 Å². The standard InChI is InChI=1S/C48H54N4O9/c53-46(54)40(31-10-13-49-22-31)16-28-4-1-7-43-37(28)19-34(59-43)25-52(26-35-20-38-29(5-2-8-44(38)60-35)17-41(47(55)56)32-11-14-50-23-32)27-36-21-39-30(6-3-9-45(39)61-36)18-42(48(57)58)33-12-15-51-24-33/h1-9,19-21,31-33,40-42,49-51H,10-18,22-27H2,(H,53,54)(H,55,56)(H,57,58). The van der Waals surface area contributed by atoms with E-state index in [1.165, 1.54) is 0 Å². The molecule has 13 nitrogen and oxygen atoms in total. The highest BCUT2D eigenvalue weighted by Gasteiger charge is 2.34. The van der Waals surface area contributed by atoms with Gasteiger partial charge in [-0.2, -0.15) is 0 Å². The second-order valence-corrected chi connectivity index (χ2v) is 17.5. The minimum absolute atomic E-state index is 0.0627. The lowest BCUT2D eigenvalue weighted by molar-refractivity contribution is -0.144. The molecule has 6 N–H and O–H groups in total. The van der Waals surface area contributed by atoms with Gasteiger partial charge in [0.2, 0.25) is 0 Å². The molecule has 9 rings (SSSR count). The third-order valence-electron chi connectivity index (χ3n) is 13.5. The van der Waals surface area contributed by atoms with E-state index in [0.29, 0.717) is 92.6 Å². The Labute approximate surface area is 353 Å². The Balaban J connectivity index is 1.02. The van der Waals surface area contributed by atoms with Crippen molar-refractivity contribution < 1.29 is 43.0 Å². The van der Waals surface area contributed by atoms with Gasteiger partial charge in [-0.15, -0.1) is 0 Å². The first kappa shape index (κ1) is 40.9. The average molecular weight is 831 g/mol. The smallest absolute Gasteiger partial charge is 0.307 e. The van der Waals surface area contributed by atoms with Gasteiger partial charge in [-0.1, -0.05) is 36.4 Å². The maximum absolute atomic E-state index is 12.4. The molecular weight excluding hydrogens is 777 g/mol. The molecule has 3 aliphatic rings. The van der Waals surface area contributed by atoms with Gasteiger partial charge in [-0.25, -0.2) is 0 Å². The van der Waals surface area contributed by atoms with Crippen LogP contribution in [-0.2, 0) is 53.3 Å². The topological polar surface area (TPSA) is 191 Å². The number of aliphatic carboxylic acids is 3. The van der Waals surface area contributed by atoms with Crippen molar-refractivity contribution in [1.29, 1.82) is 0 Å². The summed E-state index contributed by atoms with van der Waals surface area (Å²) in [6.45, 7) is 5.69. The molecule has 6 unspecified atom stereocenters. The van der Waals surface area contributed by atoms with E-state index < -0.39 is 35.7 Å². The summed E-state index contributed by atoms with van der Waals surface area (Å²) < 4.78 is 19.5. The van der Waals surface area contributed by atoms with Gasteiger partial charge in [-0.05, 0) is 149 Å². The van der Waals surface area contributed by atoms with Crippen molar-refractivity contribution in [2.45, 2.75) is 58.2 Å². The van der Waals surface area contributed by atoms with E-state index in [0.717, 1.165) is 71.7 Å². The normalized spacial score (nSPS) is 20.9. The molecule has 0 spiro atoms. The second kappa shape index (κ2) is 17.9. The summed E-state index contributed by atoms with van der Waals surface area (Å²) in [5.74, 6) is -1.58. The Bertz CT molecular complexity index is 2240. The Morgan fingerprint density at radius 3 is 1.10 bits per heavy atom. The van der Waals surface area contributed by atoms with Crippen LogP contribution >= 0.6 is 0 Å². The first-order chi connectivity index (χ1) is 29.7. The lowest BCUT2D eigenvalue weighted by atomic mass is 9.85. The zero-order valence-electron chi connectivity index (χ0n) is 34.2. The van der Waals surface area contributed by atoms with E-state index in [1.54, 1.807) is 0 Å². The molecule has 3 fully saturated rings. The number of nitrogens with zero attached hydrogens (tertiary/aromatic N) is 1. The third kappa shape index (κ3) is 8.97. The predicted molar refractivity (Wildman–Crippen MR) is 229 cm³/mol. The van der Waals surface area contributed by atoms with Gasteiger partial charge in [0.25, 0.3) is 0 Å². The number of nitrogens with one attached hydrogen (secondary N) is 3. The van der Waals surface area contributed by atoms with Crippen molar-refractivity contribution in [2.24, 2.45) is 35.5 Å². The molecule has 61 heavy (non-hydrogen) atoms. The summed E-state index contributed by atoms with van der Waals surface area (Å²) in [6.07, 6.45) is 3.73. The van der Waals surface area contributed by atoms with Crippen LogP contribution in [0.1, 0.15) is 53.2 Å². The van der Waals surface area contributed by atoms with Gasteiger partial charge in [0.1, 0.15) is 34.0 Å². The molecule has 0 amide bonds. The van der Waals surface area contributed by atoms with Crippen LogP contribution in [0, 0.1) is 35.5 Å². The SMILES string of the molecule is O=C(O)C(Cc1cccc2oc(CN(Cc3cc4c(CC(C(=O)O)C5CCNC5)cccc4o3)Cc3cc4c(CC(C(=O)O)C5CCNC5)cccc4o3)cc12)C1CCNC1. The summed E-state index contributed by atoms with van der Waals surface area (Å²) in [7, 11) is 0. The lowest BCUT2D eigenvalue weighted by Crippen LogP contribution is -2.27. The number of furan rings is 3. The number of hydrogen-bond acceptors (Lipinski definition) is 10. The number of rotatable bonds is 18. The average Bonchev–Trinajstić information content (AvgIpc) is 4.09. The molecule has 3 aromatic heterocycles. The molecule has 0 aliphatic carbocycles. The Morgan fingerprint density at radius 2 is 0.836 bits per heavy atom. The molecule has 6 aromatic rings. The largest absolute Gasteiger partial charge is 0.481 e. The van der Waals surface area contributed by atoms with Gasteiger partial charge >= 0.3 is 17.9 Å². The highest BCUT2D eigenvalue weighted by atomic mass is 16.4. The van der Waals surface area contributed by atoms with E-state index in [4.69, 9.17) is 13.3 Å². The molecule has 13 heteroatoms. The van der Waals surface area contributed by atoms with Crippen molar-refractivity contribution in [2.75, 3.05) is 39.3 Å². The summed E-state index contributed by atoms with van der Waals surface area (Å²) in [5.41, 5.74) is 4.90. The van der Waals surface area contributed by atoms with Crippen LogP contribution in [0.25, 0.3) is 32.9 Å². The van der Waals surface area contributed by atoms with E-state index in [2.05, 4.69) is 20.9 Å². The number of hydrogen-bond donors (Lipinski definition) is 6. The zero-order chi connectivity index (χ0) is 42.0. The first-order valence-corrected chi connectivity index (χ1v) is 21.7. The molecule has 3 saturated heterocycles. The first-order valence-electron chi connectivity index (χ1n) is 21.7. The van der Waals surface area contributed by atoms with Crippen molar-refractivity contribution in [3.8, 4) is 0 Å². The van der Waals surface area contributed by atoms with Gasteiger partial charge in [0, 0.05) is 16.2 Å². The van der Waals surface area contributed by atoms with Crippen LogP contribution in [0.3, 0.4) is 0 Å². The minimum Gasteiger partial charge on any atom is -0.481 e. The van der Waals surface area contributed by atoms with E-state index >= 15 is 0 Å². The Kier molecular flexibility index (Phi) is 12.0. The van der Waals surface area contributed by atoms with Gasteiger partial charge < -0.3 is 44.5 Å². The molecule has 320 valence electrons. The second-order valence-electron chi connectivity index (χ2n) is 17.5. The Hall–Kier alpha value is -5.47. The highest BCUT2D eigenvalue weighted by molar-refractivity contribution is 5.85. The number of carboxylic acids is 3. The van der Waals surface area contributed by atoms with Gasteiger partial charge in [-0.3, -0.25) is 19.3 Å². The molecule has 0 saturated carbocycles. The molecule has 6 atom stereocenters. The summed E-state index contributed by atoms with van der Waals surface area (Å²) in [5, 5.41) is 43.3. The monoisotopic (exact) mass is 830 g/mol. The van der Waals surface area contributed by atoms with E-state index in [1.807, 2.05) is 72.8 Å². The molecule has 3 aliphatic heterocycles. The highest BCUT2D eigenvalue weighted by Crippen LogP contribution is 2.34. The molecular formula is C48H54N4O9. The van der Waals surface area contributed by atoms with E-state index in [9.17, 15) is 29.7 Å². The Morgan fingerprint density at radius 1 is 0.525 bits per heavy atom. The predicted octanol–water partition coefficient (Wildman–Crippen LogP) is 6.69. The fourth-order valence-corrected chi connectivity index (χ4v) is 10.3. The van der Waals surface area contributed by atoms with Gasteiger partial charge in [0.05, 0.1) is 37.4 Å². The van der Waals surface area contributed by atoms with Crippen LogP contribution < -0.4 is 16.0 Å². The molecule has 3 aromatic carbocycles. The third-order valence-corrected chi connectivity index (χ3v) is 13.5. The van der Waals surface area contributed by atoms with Crippen LogP contribution in [0.5, 0.6) is 0 Å². The quantitative estimate of drug-likeness (QED) is 0.0538. The number of benzene rings is 3. The molecule has 0 radical (unpaired) electrons. The number of fused-ring (bicyclic) bond motifs is 3. The number of carbonyl (C=O) groups is 3. The van der Waals surface area contributed by atoms with Crippen LogP contribution in [0.4, 0.5) is 0 Å². The molecule has 6 heterocycles. The maximum Gasteiger partial charge on any atom is 0.307 e. The van der Waals surface area contributed by atoms with Crippen molar-refractivity contribution in [3.05, 3.63) is 107 Å². The zero-order valence-corrected chi connectivity index (χ0v) is 34.2. The summed E-state index contributed by atoms with van der Waals surface area (Å²) in [6, 6.07) is 23.5. The van der Waals surface area contributed by atoms with Crippen LogP contribution in [0.15, 0.2) is 86.0 Å². The lowest BCUT2D eigenvalue weighted by Gasteiger charge is -2.19. The summed E-state index contributed by atoms with van der Waals surface area (Å²) >= 11 is 0. The molecule has 0 bridgehead atoms. The van der Waals surface area contributed by atoms with Crippen LogP contribution in [-0.4, -0.2) is 77.4 Å². The van der Waals surface area contributed by atoms with Gasteiger partial charge in [0.15, 0.2) is 0 Å². The maximum atomic E-state index is 12.4. The van der Waals surface area contributed by atoms with Crippen molar-refractivity contribution in [3.63, 3.8) is 0 Å². The van der Waals surface area contributed by atoms with Crippen LogP contribution in [0.2, 0.25) is 0 Å². The fraction of sp³-hybridized carbons (Fsp3) is 0.438.